The van der Waals surface area contributed by atoms with Gasteiger partial charge in [0.1, 0.15) is 37.1 Å². The van der Waals surface area contributed by atoms with Crippen molar-refractivity contribution in [1.82, 2.24) is 19.5 Å². The van der Waals surface area contributed by atoms with Gasteiger partial charge in [-0.15, -0.1) is 0 Å². The van der Waals surface area contributed by atoms with Gasteiger partial charge in [-0.05, 0) is 17.7 Å². The standard InChI is InChI=1S/C29H28N6O8/c1-17(36)41-14-21-23(35(39)40)24(26(25(21)43-18(2)37)42-13-19-9-5-3-6-10-19)34-16-32-22-27(30-15-31-28(22)34)33-29(38)20-11-7-4-8-12-20/h3-12,15-16,21,23-26H,13-14H2,1-2H3,(H,30,31,33,38)/t21-,23-,24+,25-,26-/m1/s1. The lowest BCUT2D eigenvalue weighted by Gasteiger charge is -2.26. The fourth-order valence-electron chi connectivity index (χ4n) is 5.33. The second kappa shape index (κ2) is 12.7. The number of hydrogen-bond donors (Lipinski definition) is 1. The van der Waals surface area contributed by atoms with Crippen LogP contribution in [0.3, 0.4) is 0 Å². The smallest absolute Gasteiger partial charge is 0.303 e. The zero-order chi connectivity index (χ0) is 30.5. The molecule has 1 saturated carbocycles. The van der Waals surface area contributed by atoms with Gasteiger partial charge in [0.05, 0.1) is 12.9 Å². The van der Waals surface area contributed by atoms with E-state index in [0.717, 1.165) is 5.56 Å². The molecule has 0 unspecified atom stereocenters. The van der Waals surface area contributed by atoms with Crippen molar-refractivity contribution in [2.45, 2.75) is 44.7 Å². The van der Waals surface area contributed by atoms with Crippen LogP contribution >= 0.6 is 0 Å². The van der Waals surface area contributed by atoms with Crippen LogP contribution in [-0.2, 0) is 30.4 Å². The van der Waals surface area contributed by atoms with Crippen LogP contribution < -0.4 is 5.32 Å². The van der Waals surface area contributed by atoms with E-state index in [0.29, 0.717) is 5.56 Å². The highest BCUT2D eigenvalue weighted by atomic mass is 16.6. The highest BCUT2D eigenvalue weighted by Gasteiger charge is 2.61. The summed E-state index contributed by atoms with van der Waals surface area (Å²) in [5.41, 5.74) is 1.54. The summed E-state index contributed by atoms with van der Waals surface area (Å²) in [4.78, 5) is 61.8. The van der Waals surface area contributed by atoms with E-state index in [4.69, 9.17) is 14.2 Å². The van der Waals surface area contributed by atoms with E-state index in [1.807, 2.05) is 30.3 Å². The second-order valence-corrected chi connectivity index (χ2v) is 9.93. The van der Waals surface area contributed by atoms with Crippen LogP contribution in [-0.4, -0.2) is 67.1 Å². The van der Waals surface area contributed by atoms with Gasteiger partial charge in [0.15, 0.2) is 17.0 Å². The van der Waals surface area contributed by atoms with Gasteiger partial charge in [-0.25, -0.2) is 15.0 Å². The Morgan fingerprint density at radius 1 is 0.953 bits per heavy atom. The van der Waals surface area contributed by atoms with Gasteiger partial charge in [-0.2, -0.15) is 0 Å². The Morgan fingerprint density at radius 2 is 1.65 bits per heavy atom. The first-order chi connectivity index (χ1) is 20.7. The predicted octanol–water partition coefficient (Wildman–Crippen LogP) is 2.98. The Kier molecular flexibility index (Phi) is 8.66. The zero-order valence-corrected chi connectivity index (χ0v) is 23.2. The lowest BCUT2D eigenvalue weighted by atomic mass is 10.0. The monoisotopic (exact) mass is 588 g/mol. The highest BCUT2D eigenvalue weighted by molar-refractivity contribution is 6.06. The fourth-order valence-corrected chi connectivity index (χ4v) is 5.33. The van der Waals surface area contributed by atoms with Gasteiger partial charge in [0, 0.05) is 24.3 Å². The molecule has 0 bridgehead atoms. The maximum absolute atomic E-state index is 12.8. The molecule has 14 nitrogen and oxygen atoms in total. The van der Waals surface area contributed by atoms with Gasteiger partial charge in [0.2, 0.25) is 6.04 Å². The number of nitro groups is 1. The third-order valence-corrected chi connectivity index (χ3v) is 7.13. The number of fused-ring (bicyclic) bond motifs is 1. The SMILES string of the molecule is CC(=O)OC[C@H]1[C@@H](OC(C)=O)[C@H](OCc2ccccc2)[C@@H](n2cnc3c(NC(=O)c4ccccc4)ncnc32)[C@@H]1[N+](=O)[O-]. The summed E-state index contributed by atoms with van der Waals surface area (Å²) in [6.07, 6.45) is 0.320. The Hall–Kier alpha value is -5.24. The average molecular weight is 589 g/mol. The molecule has 2 aromatic heterocycles. The van der Waals surface area contributed by atoms with Crippen molar-refractivity contribution in [3.63, 3.8) is 0 Å². The van der Waals surface area contributed by atoms with Crippen molar-refractivity contribution in [3.05, 3.63) is 94.6 Å². The lowest BCUT2D eigenvalue weighted by molar-refractivity contribution is -0.536. The number of carbonyl (C=O) groups excluding carboxylic acids is 3. The summed E-state index contributed by atoms with van der Waals surface area (Å²) in [6, 6.07) is 15.1. The van der Waals surface area contributed by atoms with E-state index in [2.05, 4.69) is 20.3 Å². The number of carbonyl (C=O) groups is 3. The topological polar surface area (TPSA) is 178 Å². The molecule has 1 aliphatic carbocycles. The lowest BCUT2D eigenvalue weighted by Crippen LogP contribution is -2.38. The predicted molar refractivity (Wildman–Crippen MR) is 150 cm³/mol. The molecule has 1 amide bonds. The molecule has 5 atom stereocenters. The molecule has 0 spiro atoms. The first-order valence-electron chi connectivity index (χ1n) is 13.4. The Balaban J connectivity index is 1.58. The molecule has 222 valence electrons. The molecule has 2 heterocycles. The normalized spacial score (nSPS) is 21.3. The molecule has 0 radical (unpaired) electrons. The molecule has 0 saturated heterocycles. The number of amides is 1. The van der Waals surface area contributed by atoms with Gasteiger partial charge in [-0.1, -0.05) is 48.5 Å². The molecule has 0 aliphatic heterocycles. The van der Waals surface area contributed by atoms with E-state index in [9.17, 15) is 24.5 Å². The van der Waals surface area contributed by atoms with Crippen molar-refractivity contribution in [2.24, 2.45) is 5.92 Å². The summed E-state index contributed by atoms with van der Waals surface area (Å²) in [7, 11) is 0. The van der Waals surface area contributed by atoms with Gasteiger partial charge in [-0.3, -0.25) is 24.5 Å². The highest BCUT2D eigenvalue weighted by Crippen LogP contribution is 2.43. The van der Waals surface area contributed by atoms with Gasteiger partial charge in [0.25, 0.3) is 5.91 Å². The molecule has 2 aromatic carbocycles. The summed E-state index contributed by atoms with van der Waals surface area (Å²) in [6.45, 7) is 2.03. The Bertz CT molecular complexity index is 1630. The zero-order valence-electron chi connectivity index (χ0n) is 23.2. The number of rotatable bonds is 10. The van der Waals surface area contributed by atoms with Crippen LogP contribution in [0.15, 0.2) is 73.3 Å². The quantitative estimate of drug-likeness (QED) is 0.164. The number of ether oxygens (including phenoxy) is 3. The fraction of sp³-hybridized carbons (Fsp3) is 0.310. The summed E-state index contributed by atoms with van der Waals surface area (Å²) >= 11 is 0. The summed E-state index contributed by atoms with van der Waals surface area (Å²) in [5.74, 6) is -2.72. The first-order valence-corrected chi connectivity index (χ1v) is 13.4. The maximum atomic E-state index is 12.8. The number of hydrogen-bond acceptors (Lipinski definition) is 11. The molecule has 1 N–H and O–H groups in total. The summed E-state index contributed by atoms with van der Waals surface area (Å²) < 4.78 is 18.6. The maximum Gasteiger partial charge on any atom is 0.303 e. The molecule has 4 aromatic rings. The minimum atomic E-state index is -1.45. The Labute approximate surface area is 245 Å². The van der Waals surface area contributed by atoms with Crippen LogP contribution in [0, 0.1) is 16.0 Å². The summed E-state index contributed by atoms with van der Waals surface area (Å²) in [5, 5.41) is 15.4. The molecule has 1 aliphatic rings. The minimum absolute atomic E-state index is 0.0461. The average Bonchev–Trinajstić information content (AvgIpc) is 3.55. The van der Waals surface area contributed by atoms with E-state index < -0.39 is 53.0 Å². The second-order valence-electron chi connectivity index (χ2n) is 9.93. The van der Waals surface area contributed by atoms with Crippen LogP contribution in [0.4, 0.5) is 5.82 Å². The van der Waals surface area contributed by atoms with Crippen LogP contribution in [0.1, 0.15) is 35.8 Å². The largest absolute Gasteiger partial charge is 0.465 e. The molecule has 14 heteroatoms. The van der Waals surface area contributed by atoms with Crippen LogP contribution in [0.5, 0.6) is 0 Å². The van der Waals surface area contributed by atoms with E-state index >= 15 is 0 Å². The van der Waals surface area contributed by atoms with Crippen LogP contribution in [0.2, 0.25) is 0 Å². The number of benzene rings is 2. The Morgan fingerprint density at radius 3 is 2.30 bits per heavy atom. The van der Waals surface area contributed by atoms with E-state index in [-0.39, 0.29) is 30.2 Å². The minimum Gasteiger partial charge on any atom is -0.465 e. The van der Waals surface area contributed by atoms with E-state index in [1.54, 1.807) is 30.3 Å². The van der Waals surface area contributed by atoms with Crippen molar-refractivity contribution in [3.8, 4) is 0 Å². The number of imidazole rings is 1. The van der Waals surface area contributed by atoms with Crippen molar-refractivity contribution >= 4 is 34.8 Å². The van der Waals surface area contributed by atoms with Gasteiger partial charge >= 0.3 is 11.9 Å². The van der Waals surface area contributed by atoms with Crippen LogP contribution in [0.25, 0.3) is 11.2 Å². The van der Waals surface area contributed by atoms with Crippen molar-refractivity contribution < 1.29 is 33.5 Å². The third-order valence-electron chi connectivity index (χ3n) is 7.13. The third kappa shape index (κ3) is 6.33. The number of anilines is 1. The van der Waals surface area contributed by atoms with E-state index in [1.165, 1.54) is 31.1 Å². The number of nitrogens with one attached hydrogen (secondary N) is 1. The molecule has 43 heavy (non-hydrogen) atoms. The van der Waals surface area contributed by atoms with Crippen molar-refractivity contribution in [2.75, 3.05) is 11.9 Å². The number of aromatic nitrogens is 4. The molecular weight excluding hydrogens is 560 g/mol. The van der Waals surface area contributed by atoms with Gasteiger partial charge < -0.3 is 24.1 Å². The van der Waals surface area contributed by atoms with Crippen molar-refractivity contribution in [1.29, 1.82) is 0 Å². The number of esters is 2. The molecule has 5 rings (SSSR count). The first kappa shape index (κ1) is 29.3. The molecular formula is C29H28N6O8. The number of nitrogens with zero attached hydrogens (tertiary/aromatic N) is 5. The molecule has 1 fully saturated rings.